The highest BCUT2D eigenvalue weighted by atomic mass is 31.1. The second kappa shape index (κ2) is 16.0. The third-order valence-corrected chi connectivity index (χ3v) is 8.87. The van der Waals surface area contributed by atoms with Crippen LogP contribution in [0.2, 0.25) is 0 Å². The smallest absolute Gasteiger partial charge is 0.489 e. The summed E-state index contributed by atoms with van der Waals surface area (Å²) in [5.74, 6) is 0.114. The monoisotopic (exact) mass is 738 g/mol. The number of nitrogens with zero attached hydrogens (tertiary/aromatic N) is 4. The number of fused-ring (bicyclic) bond motifs is 1. The summed E-state index contributed by atoms with van der Waals surface area (Å²) in [6.45, 7) is 2.88. The summed E-state index contributed by atoms with van der Waals surface area (Å²) in [5, 5.41) is 10.3. The summed E-state index contributed by atoms with van der Waals surface area (Å²) < 4.78 is 57.9. The summed E-state index contributed by atoms with van der Waals surface area (Å²) in [5.41, 5.74) is -0.533. The largest absolute Gasteiger partial charge is 0.566 e. The number of quaternary nitrogens is 1. The molecule has 0 spiro atoms. The first kappa shape index (κ1) is 38.1. The Morgan fingerprint density at radius 3 is 2.13 bits per heavy atom. The maximum atomic E-state index is 16.4. The third-order valence-electron chi connectivity index (χ3n) is 8.45. The summed E-state index contributed by atoms with van der Waals surface area (Å²) >= 11 is 0. The fourth-order valence-corrected chi connectivity index (χ4v) is 6.27. The maximum Gasteiger partial charge on any atom is 0.489 e. The first-order valence-electron chi connectivity index (χ1n) is 15.8. The number of halogens is 1. The average Bonchev–Trinajstić information content (AvgIpc) is 3.69. The van der Waals surface area contributed by atoms with Crippen LogP contribution in [-0.4, -0.2) is 70.1 Å². The van der Waals surface area contributed by atoms with Crippen molar-refractivity contribution in [3.63, 3.8) is 0 Å². The Kier molecular flexibility index (Phi) is 11.7. The molecular weight excluding hydrogens is 700 g/mol. The van der Waals surface area contributed by atoms with Gasteiger partial charge in [0.05, 0.1) is 20.8 Å². The first-order valence-corrected chi connectivity index (χ1v) is 16.9. The highest BCUT2D eigenvalue weighted by Gasteiger charge is 2.52. The maximum absolute atomic E-state index is 16.4. The highest BCUT2D eigenvalue weighted by molar-refractivity contribution is 7.30. The molecule has 5 atom stereocenters. The molecule has 0 saturated carbocycles. The molecule has 0 bridgehead atoms. The third kappa shape index (κ3) is 7.41. The number of anilines is 1. The Morgan fingerprint density at radius 2 is 1.60 bits per heavy atom. The number of hydrogen-bond acceptors (Lipinski definition) is 12. The van der Waals surface area contributed by atoms with Crippen molar-refractivity contribution in [2.45, 2.75) is 44.1 Å². The molecule has 274 valence electrons. The molecule has 3 aromatic carbocycles. The Labute approximate surface area is 297 Å². The molecule has 1 fully saturated rings. The van der Waals surface area contributed by atoms with E-state index in [0.29, 0.717) is 28.2 Å². The van der Waals surface area contributed by atoms with Crippen LogP contribution in [0, 0.1) is 5.92 Å². The van der Waals surface area contributed by atoms with Gasteiger partial charge in [0.2, 0.25) is 11.9 Å². The minimum Gasteiger partial charge on any atom is -0.566 e. The van der Waals surface area contributed by atoms with Gasteiger partial charge in [0, 0.05) is 5.92 Å². The van der Waals surface area contributed by atoms with Crippen LogP contribution in [0.1, 0.15) is 36.8 Å². The standard InChI is InChI=1S/C34H34FN6O9P.H3N/c1-19(2)30(42)37-33-36-29-27(31(43)38-33)39-40-41(29)32-28(50-51(44)45)26(35)25(49-32)18-48-34(20-8-6-5-7-9-20,21-10-14-23(46-3)15-11-21)22-12-16-24(47-4)17-13-22;/h5-17,19,25-26,28,32H,18H2,1-4H3,(H2,36,37,38,42,43);1H3/p+1/t25-,26-,28+,32-;/m1./s1. The van der Waals surface area contributed by atoms with E-state index in [0.717, 1.165) is 4.68 Å². The average molecular weight is 739 g/mol. The molecule has 0 radical (unpaired) electrons. The van der Waals surface area contributed by atoms with Gasteiger partial charge in [-0.3, -0.25) is 19.9 Å². The van der Waals surface area contributed by atoms with Crippen molar-refractivity contribution in [3.8, 4) is 11.5 Å². The summed E-state index contributed by atoms with van der Waals surface area (Å²) in [4.78, 5) is 43.6. The quantitative estimate of drug-likeness (QED) is 0.114. The number of hydrogen-bond donors (Lipinski definition) is 3. The number of methoxy groups -OCH3 is 2. The van der Waals surface area contributed by atoms with Gasteiger partial charge >= 0.3 is 8.25 Å². The topological polar surface area (TPSA) is 228 Å². The van der Waals surface area contributed by atoms with Crippen LogP contribution in [0.15, 0.2) is 83.7 Å². The second-order valence-corrected chi connectivity index (χ2v) is 12.5. The van der Waals surface area contributed by atoms with Crippen molar-refractivity contribution in [1.82, 2.24) is 31.1 Å². The lowest BCUT2D eigenvalue weighted by atomic mass is 9.80. The molecule has 1 aliphatic heterocycles. The van der Waals surface area contributed by atoms with Crippen LogP contribution >= 0.6 is 8.25 Å². The van der Waals surface area contributed by atoms with Gasteiger partial charge in [-0.25, -0.2) is 4.39 Å². The fourth-order valence-electron chi connectivity index (χ4n) is 5.85. The number of carbonyl (C=O) groups excluding carboxylic acids is 1. The molecule has 52 heavy (non-hydrogen) atoms. The zero-order valence-electron chi connectivity index (χ0n) is 28.9. The number of rotatable bonds is 13. The lowest BCUT2D eigenvalue weighted by Gasteiger charge is -2.37. The Morgan fingerprint density at radius 1 is 1.02 bits per heavy atom. The zero-order valence-corrected chi connectivity index (χ0v) is 29.8. The van der Waals surface area contributed by atoms with E-state index in [2.05, 4.69) is 25.6 Å². The number of amides is 1. The molecule has 1 unspecified atom stereocenters. The van der Waals surface area contributed by atoms with Crippen molar-refractivity contribution in [2.75, 3.05) is 26.1 Å². The molecule has 1 aliphatic rings. The van der Waals surface area contributed by atoms with Crippen LogP contribution in [0.5, 0.6) is 11.5 Å². The van der Waals surface area contributed by atoms with Gasteiger partial charge in [0.15, 0.2) is 29.7 Å². The molecule has 1 saturated heterocycles. The van der Waals surface area contributed by atoms with Crippen molar-refractivity contribution >= 4 is 31.3 Å². The predicted octanol–water partition coefficient (Wildman–Crippen LogP) is 4.15. The molecule has 6 N–H and O–H groups in total. The van der Waals surface area contributed by atoms with Gasteiger partial charge in [0.1, 0.15) is 23.2 Å². The molecule has 3 heterocycles. The van der Waals surface area contributed by atoms with E-state index in [-0.39, 0.29) is 23.3 Å². The number of alkyl halides is 1. The van der Waals surface area contributed by atoms with Gasteiger partial charge in [-0.1, -0.05) is 73.7 Å². The lowest BCUT2D eigenvalue weighted by molar-refractivity contribution is -0.194. The highest BCUT2D eigenvalue weighted by Crippen LogP contribution is 2.44. The minimum atomic E-state index is -3.58. The Hall–Kier alpha value is -5.16. The van der Waals surface area contributed by atoms with Crippen molar-refractivity contribution in [1.29, 1.82) is 0 Å². The summed E-state index contributed by atoms with van der Waals surface area (Å²) in [6.07, 6.45) is -6.84. The molecule has 2 aromatic heterocycles. The number of aromatic amines is 1. The van der Waals surface area contributed by atoms with Gasteiger partial charge < -0.3 is 30.0 Å². The molecule has 18 heteroatoms. The Bertz CT molecular complexity index is 2020. The summed E-state index contributed by atoms with van der Waals surface area (Å²) in [6, 6.07) is 23.7. The number of aromatic nitrogens is 5. The number of nitrogens with one attached hydrogen (secondary N) is 2. The van der Waals surface area contributed by atoms with E-state index in [9.17, 15) is 19.0 Å². The number of H-pyrrole nitrogens is 1. The van der Waals surface area contributed by atoms with Crippen LogP contribution in [0.3, 0.4) is 0 Å². The van der Waals surface area contributed by atoms with E-state index >= 15 is 4.39 Å². The molecular formula is C34H38FN7O9P+. The van der Waals surface area contributed by atoms with Gasteiger partial charge in [0.25, 0.3) is 5.56 Å². The van der Waals surface area contributed by atoms with Crippen LogP contribution in [-0.2, 0) is 29.0 Å². The van der Waals surface area contributed by atoms with E-state index in [4.69, 9.17) is 23.5 Å². The minimum absolute atomic E-state index is 0. The zero-order chi connectivity index (χ0) is 36.3. The fraction of sp³-hybridized carbons (Fsp3) is 0.324. The lowest BCUT2D eigenvalue weighted by Crippen LogP contribution is -2.38. The summed E-state index contributed by atoms with van der Waals surface area (Å²) in [7, 11) is -0.474. The van der Waals surface area contributed by atoms with E-state index < -0.39 is 62.5 Å². The molecule has 0 aliphatic carbocycles. The van der Waals surface area contributed by atoms with Crippen LogP contribution < -0.4 is 31.4 Å². The van der Waals surface area contributed by atoms with Gasteiger partial charge in [-0.05, 0) is 45.5 Å². The SMILES string of the molecule is COc1ccc(C(OC[C@H]2O[C@@H](n3nnc4c(=O)[nH]c(NC(=O)C(C)C)nc43)[C@@H](O[P+](=O)[O-])[C@@H]2F)(c2ccccc2)c2ccc(OC)cc2)cc1.[NH4+]. The molecule has 16 nitrogen and oxygen atoms in total. The number of ether oxygens (including phenoxy) is 4. The molecule has 6 rings (SSSR count). The molecule has 5 aromatic rings. The molecule has 1 amide bonds. The number of carbonyl (C=O) groups is 1. The van der Waals surface area contributed by atoms with Crippen LogP contribution in [0.25, 0.3) is 11.2 Å². The van der Waals surface area contributed by atoms with Gasteiger partial charge in [-0.2, -0.15) is 9.67 Å². The Balaban J connectivity index is 0.00000523. The van der Waals surface area contributed by atoms with Crippen molar-refractivity contribution in [3.05, 3.63) is 106 Å². The van der Waals surface area contributed by atoms with Crippen molar-refractivity contribution in [2.24, 2.45) is 5.92 Å². The normalized spacial score (nSPS) is 18.9. The van der Waals surface area contributed by atoms with Crippen molar-refractivity contribution < 1.29 is 42.1 Å². The second-order valence-electron chi connectivity index (χ2n) is 11.9. The van der Waals surface area contributed by atoms with Gasteiger partial charge in [-0.15, -0.1) is 9.62 Å². The van der Waals surface area contributed by atoms with E-state index in [1.165, 1.54) is 0 Å². The predicted molar refractivity (Wildman–Crippen MR) is 185 cm³/mol. The van der Waals surface area contributed by atoms with Crippen LogP contribution in [0.4, 0.5) is 10.3 Å². The van der Waals surface area contributed by atoms with E-state index in [1.54, 1.807) is 52.3 Å². The number of benzene rings is 3. The first-order chi connectivity index (χ1) is 24.5. The van der Waals surface area contributed by atoms with E-state index in [1.807, 2.05) is 54.6 Å².